The first-order valence-electron chi connectivity index (χ1n) is 6.13. The Hall–Kier alpha value is -2.04. The molecule has 2 N–H and O–H groups in total. The largest absolute Gasteiger partial charge is 0.354 e. The van der Waals surface area contributed by atoms with Crippen LogP contribution in [0.3, 0.4) is 0 Å². The second-order valence-corrected chi connectivity index (χ2v) is 4.41. The molecule has 0 aliphatic rings. The van der Waals surface area contributed by atoms with Gasteiger partial charge in [-0.3, -0.25) is 4.98 Å². The quantitative estimate of drug-likeness (QED) is 0.763. The van der Waals surface area contributed by atoms with Crippen molar-refractivity contribution in [3.63, 3.8) is 0 Å². The van der Waals surface area contributed by atoms with E-state index in [1.807, 2.05) is 25.1 Å². The van der Waals surface area contributed by atoms with Gasteiger partial charge in [0.05, 0.1) is 0 Å². The number of hydrogen-bond acceptors (Lipinski definition) is 4. The maximum atomic E-state index is 4.02. The van der Waals surface area contributed by atoms with Crippen molar-refractivity contribution in [2.75, 3.05) is 30.9 Å². The summed E-state index contributed by atoms with van der Waals surface area (Å²) in [6.07, 6.45) is 2.14. The first-order chi connectivity index (χ1) is 8.75. The molecule has 1 aromatic carbocycles. The first kappa shape index (κ1) is 12.4. The van der Waals surface area contributed by atoms with Crippen molar-refractivity contribution in [1.29, 1.82) is 0 Å². The number of aryl methyl sites for hydroxylation is 1. The van der Waals surface area contributed by atoms with Crippen LogP contribution in [0.15, 0.2) is 30.3 Å². The number of aromatic amines is 1. The van der Waals surface area contributed by atoms with Crippen molar-refractivity contribution in [2.24, 2.45) is 0 Å². The van der Waals surface area contributed by atoms with Gasteiger partial charge in [-0.15, -0.1) is 10.2 Å². The van der Waals surface area contributed by atoms with E-state index in [-0.39, 0.29) is 0 Å². The lowest BCUT2D eigenvalue weighted by Gasteiger charge is -2.05. The summed E-state index contributed by atoms with van der Waals surface area (Å²) in [5, 5.41) is 11.3. The van der Waals surface area contributed by atoms with E-state index in [4.69, 9.17) is 0 Å². The zero-order valence-corrected chi connectivity index (χ0v) is 10.8. The molecule has 0 spiro atoms. The Kier molecular flexibility index (Phi) is 4.17. The Morgan fingerprint density at radius 2 is 1.94 bits per heavy atom. The van der Waals surface area contributed by atoms with Crippen LogP contribution < -0.4 is 10.2 Å². The summed E-state index contributed by atoms with van der Waals surface area (Å²) in [6.45, 7) is 0.886. The minimum Gasteiger partial charge on any atom is -0.354 e. The van der Waals surface area contributed by atoms with Gasteiger partial charge in [0.2, 0.25) is 11.9 Å². The van der Waals surface area contributed by atoms with Gasteiger partial charge in [0.25, 0.3) is 0 Å². The number of anilines is 2. The van der Waals surface area contributed by atoms with E-state index in [2.05, 4.69) is 44.8 Å². The molecule has 2 rings (SSSR count). The van der Waals surface area contributed by atoms with Crippen molar-refractivity contribution < 1.29 is 0 Å². The number of aromatic nitrogens is 3. The molecule has 0 aliphatic heterocycles. The summed E-state index contributed by atoms with van der Waals surface area (Å²) in [7, 11) is 3.86. The van der Waals surface area contributed by atoms with Crippen LogP contribution in [0.4, 0.5) is 11.9 Å². The zero-order chi connectivity index (χ0) is 12.8. The normalized spacial score (nSPS) is 10.3. The molecule has 1 aromatic heterocycles. The second-order valence-electron chi connectivity index (χ2n) is 4.41. The SMILES string of the molecule is CN(C)c1nnc(NCCCc2ccccc2)[nH]1. The molecule has 0 atom stereocenters. The smallest absolute Gasteiger partial charge is 0.225 e. The molecule has 5 nitrogen and oxygen atoms in total. The standard InChI is InChI=1S/C13H19N5/c1-18(2)13-15-12(16-17-13)14-10-6-9-11-7-4-3-5-8-11/h3-5,7-8H,6,9-10H2,1-2H3,(H2,14,15,16,17). The third-order valence-corrected chi connectivity index (χ3v) is 2.68. The topological polar surface area (TPSA) is 56.8 Å². The van der Waals surface area contributed by atoms with E-state index in [9.17, 15) is 0 Å². The van der Waals surface area contributed by atoms with Crippen LogP contribution in [-0.2, 0) is 6.42 Å². The molecular weight excluding hydrogens is 226 g/mol. The van der Waals surface area contributed by atoms with Gasteiger partial charge in [-0.05, 0) is 18.4 Å². The molecule has 0 saturated heterocycles. The number of nitrogens with one attached hydrogen (secondary N) is 2. The number of H-pyrrole nitrogens is 1. The lowest BCUT2D eigenvalue weighted by molar-refractivity contribution is 0.854. The third kappa shape index (κ3) is 3.48. The van der Waals surface area contributed by atoms with E-state index < -0.39 is 0 Å². The molecular formula is C13H19N5. The van der Waals surface area contributed by atoms with Crippen LogP contribution >= 0.6 is 0 Å². The monoisotopic (exact) mass is 245 g/mol. The lowest BCUT2D eigenvalue weighted by atomic mass is 10.1. The average molecular weight is 245 g/mol. The summed E-state index contributed by atoms with van der Waals surface area (Å²) in [5.41, 5.74) is 1.37. The van der Waals surface area contributed by atoms with Crippen LogP contribution in [0.1, 0.15) is 12.0 Å². The first-order valence-corrected chi connectivity index (χ1v) is 6.13. The van der Waals surface area contributed by atoms with E-state index in [0.29, 0.717) is 0 Å². The highest BCUT2D eigenvalue weighted by molar-refractivity contribution is 5.34. The number of rotatable bonds is 6. The molecule has 0 fully saturated rings. The summed E-state index contributed by atoms with van der Waals surface area (Å²) < 4.78 is 0. The highest BCUT2D eigenvalue weighted by Gasteiger charge is 2.02. The molecule has 2 aromatic rings. The highest BCUT2D eigenvalue weighted by atomic mass is 15.4. The lowest BCUT2D eigenvalue weighted by Crippen LogP contribution is -2.10. The van der Waals surface area contributed by atoms with Crippen molar-refractivity contribution in [3.05, 3.63) is 35.9 Å². The zero-order valence-electron chi connectivity index (χ0n) is 10.8. The van der Waals surface area contributed by atoms with Crippen LogP contribution in [-0.4, -0.2) is 35.8 Å². The molecule has 1 heterocycles. The van der Waals surface area contributed by atoms with Crippen molar-refractivity contribution >= 4 is 11.9 Å². The van der Waals surface area contributed by atoms with E-state index in [0.717, 1.165) is 31.3 Å². The fraction of sp³-hybridized carbons (Fsp3) is 0.385. The van der Waals surface area contributed by atoms with E-state index in [1.165, 1.54) is 5.56 Å². The Balaban J connectivity index is 1.72. The number of hydrogen-bond donors (Lipinski definition) is 2. The maximum Gasteiger partial charge on any atom is 0.225 e. The third-order valence-electron chi connectivity index (χ3n) is 2.68. The van der Waals surface area contributed by atoms with Gasteiger partial charge < -0.3 is 10.2 Å². The van der Waals surface area contributed by atoms with E-state index >= 15 is 0 Å². The minimum atomic E-state index is 0.728. The second kappa shape index (κ2) is 6.05. The van der Waals surface area contributed by atoms with Gasteiger partial charge in [-0.1, -0.05) is 30.3 Å². The Morgan fingerprint density at radius 1 is 1.17 bits per heavy atom. The predicted molar refractivity (Wildman–Crippen MR) is 74.0 cm³/mol. The Labute approximate surface area is 107 Å². The highest BCUT2D eigenvalue weighted by Crippen LogP contribution is 2.06. The van der Waals surface area contributed by atoms with Crippen molar-refractivity contribution in [1.82, 2.24) is 15.2 Å². The molecule has 5 heteroatoms. The molecule has 0 unspecified atom stereocenters. The van der Waals surface area contributed by atoms with Crippen LogP contribution in [0.2, 0.25) is 0 Å². The van der Waals surface area contributed by atoms with Crippen molar-refractivity contribution in [2.45, 2.75) is 12.8 Å². The van der Waals surface area contributed by atoms with Crippen LogP contribution in [0.25, 0.3) is 0 Å². The van der Waals surface area contributed by atoms with E-state index in [1.54, 1.807) is 0 Å². The van der Waals surface area contributed by atoms with Crippen molar-refractivity contribution in [3.8, 4) is 0 Å². The van der Waals surface area contributed by atoms with Gasteiger partial charge >= 0.3 is 0 Å². The fourth-order valence-electron chi connectivity index (χ4n) is 1.68. The number of nitrogens with zero attached hydrogens (tertiary/aromatic N) is 3. The summed E-state index contributed by atoms with van der Waals surface area (Å²) >= 11 is 0. The summed E-state index contributed by atoms with van der Waals surface area (Å²) in [6, 6.07) is 10.5. The molecule has 0 radical (unpaired) electrons. The van der Waals surface area contributed by atoms with Gasteiger partial charge in [0.1, 0.15) is 0 Å². The minimum absolute atomic E-state index is 0.728. The number of benzene rings is 1. The fourth-order valence-corrected chi connectivity index (χ4v) is 1.68. The summed E-state index contributed by atoms with van der Waals surface area (Å²) in [5.74, 6) is 1.49. The molecule has 0 amide bonds. The Morgan fingerprint density at radius 3 is 2.61 bits per heavy atom. The molecule has 0 bridgehead atoms. The Bertz CT molecular complexity index is 463. The predicted octanol–water partition coefficient (Wildman–Crippen LogP) is 1.92. The van der Waals surface area contributed by atoms with Crippen LogP contribution in [0.5, 0.6) is 0 Å². The van der Waals surface area contributed by atoms with Gasteiger partial charge in [0, 0.05) is 20.6 Å². The molecule has 18 heavy (non-hydrogen) atoms. The molecule has 96 valence electrons. The van der Waals surface area contributed by atoms with Crippen LogP contribution in [0, 0.1) is 0 Å². The maximum absolute atomic E-state index is 4.02. The molecule has 0 saturated carbocycles. The van der Waals surface area contributed by atoms with Gasteiger partial charge in [-0.25, -0.2) is 0 Å². The summed E-state index contributed by atoms with van der Waals surface area (Å²) in [4.78, 5) is 4.99. The van der Waals surface area contributed by atoms with Gasteiger partial charge in [0.15, 0.2) is 0 Å². The molecule has 0 aliphatic carbocycles. The van der Waals surface area contributed by atoms with Gasteiger partial charge in [-0.2, -0.15) is 0 Å². The average Bonchev–Trinajstić information content (AvgIpc) is 2.85.